The molecular weight excluding hydrogens is 288 g/mol. The van der Waals surface area contributed by atoms with E-state index in [9.17, 15) is 0 Å². The van der Waals surface area contributed by atoms with Gasteiger partial charge in [-0.1, -0.05) is 110 Å². The Morgan fingerprint density at radius 1 is 0.524 bits per heavy atom. The molecule has 0 unspecified atom stereocenters. The van der Waals surface area contributed by atoms with E-state index in [4.69, 9.17) is 0 Å². The van der Waals surface area contributed by atoms with Gasteiger partial charge in [0.25, 0.3) is 0 Å². The van der Waals surface area contributed by atoms with Crippen molar-refractivity contribution in [2.45, 2.75) is 116 Å². The van der Waals surface area contributed by atoms with Crippen LogP contribution in [0.2, 0.25) is 19.6 Å². The topological polar surface area (TPSA) is 0 Å². The van der Waals surface area contributed by atoms with E-state index in [0.717, 1.165) is 0 Å². The minimum atomic E-state index is -0.846. The fourth-order valence-corrected chi connectivity index (χ4v) is 5.91. The van der Waals surface area contributed by atoms with Crippen LogP contribution in [0.4, 0.5) is 0 Å². The van der Waals surface area contributed by atoms with Crippen LogP contribution in [-0.2, 0) is 0 Å². The molecule has 0 rings (SSSR count). The summed E-state index contributed by atoms with van der Waals surface area (Å²) in [6.07, 6.45) is 20.5. The number of rotatable bonds is 16. The Kier molecular flexibility index (Phi) is 15.9. The van der Waals surface area contributed by atoms with E-state index >= 15 is 0 Å². The van der Waals surface area contributed by atoms with E-state index in [0.29, 0.717) is 0 Å². The van der Waals surface area contributed by atoms with Crippen LogP contribution < -0.4 is 0 Å². The van der Waals surface area contributed by atoms with Gasteiger partial charge in [-0.15, -0.1) is 0 Å². The summed E-state index contributed by atoms with van der Waals surface area (Å²) in [6, 6.07) is 0. The predicted octanol–water partition coefficient (Wildman–Crippen LogP) is 8.04. The first-order valence-electron chi connectivity index (χ1n) is 9.70. The average Bonchev–Trinajstić information content (AvgIpc) is 2.42. The first-order chi connectivity index (χ1) is 10.1. The SMILES string of the molecule is CCCCCCCCCCCCCCCCS[Si](C)(C)C. The maximum Gasteiger partial charge on any atom is 0.108 e. The van der Waals surface area contributed by atoms with Crippen LogP contribution in [0.5, 0.6) is 0 Å². The monoisotopic (exact) mass is 330 g/mol. The fraction of sp³-hybridized carbons (Fsp3) is 1.00. The average molecular weight is 331 g/mol. The first-order valence-corrected chi connectivity index (χ1v) is 14.9. The van der Waals surface area contributed by atoms with Crippen molar-refractivity contribution in [3.63, 3.8) is 0 Å². The van der Waals surface area contributed by atoms with Crippen molar-refractivity contribution in [1.29, 1.82) is 0 Å². The summed E-state index contributed by atoms with van der Waals surface area (Å²) < 4.78 is 0. The second-order valence-corrected chi connectivity index (χ2v) is 17.0. The Morgan fingerprint density at radius 2 is 0.857 bits per heavy atom. The zero-order valence-electron chi connectivity index (χ0n) is 15.5. The van der Waals surface area contributed by atoms with Gasteiger partial charge in [0, 0.05) is 0 Å². The first kappa shape index (κ1) is 21.6. The fourth-order valence-electron chi connectivity index (χ4n) is 2.67. The smallest absolute Gasteiger partial charge is 0.108 e. The molecule has 21 heavy (non-hydrogen) atoms. The van der Waals surface area contributed by atoms with Gasteiger partial charge in [0.2, 0.25) is 0 Å². The maximum absolute atomic E-state index is 2.46. The van der Waals surface area contributed by atoms with Gasteiger partial charge in [-0.2, -0.15) is 11.2 Å². The Labute approximate surface area is 140 Å². The summed E-state index contributed by atoms with van der Waals surface area (Å²) in [5.41, 5.74) is 0. The Bertz CT molecular complexity index is 198. The van der Waals surface area contributed by atoms with Gasteiger partial charge in [-0.25, -0.2) is 0 Å². The van der Waals surface area contributed by atoms with E-state index in [1.54, 1.807) is 0 Å². The van der Waals surface area contributed by atoms with Crippen molar-refractivity contribution in [3.05, 3.63) is 0 Å². The molecule has 0 radical (unpaired) electrons. The van der Waals surface area contributed by atoms with Gasteiger partial charge in [0.05, 0.1) is 0 Å². The van der Waals surface area contributed by atoms with Gasteiger partial charge in [0.15, 0.2) is 0 Å². The highest BCUT2D eigenvalue weighted by Crippen LogP contribution is 2.21. The minimum absolute atomic E-state index is 0.846. The zero-order valence-corrected chi connectivity index (χ0v) is 17.3. The third-order valence-corrected chi connectivity index (χ3v) is 8.60. The number of hydrogen-bond acceptors (Lipinski definition) is 1. The lowest BCUT2D eigenvalue weighted by Gasteiger charge is -2.14. The zero-order chi connectivity index (χ0) is 15.8. The van der Waals surface area contributed by atoms with Gasteiger partial charge in [-0.05, 0) is 12.2 Å². The van der Waals surface area contributed by atoms with Crippen molar-refractivity contribution in [3.8, 4) is 0 Å². The normalized spacial score (nSPS) is 12.0. The summed E-state index contributed by atoms with van der Waals surface area (Å²) in [5.74, 6) is 1.41. The molecule has 0 aliphatic carbocycles. The highest BCUT2D eigenvalue weighted by Gasteiger charge is 2.12. The molecule has 0 bridgehead atoms. The van der Waals surface area contributed by atoms with Crippen molar-refractivity contribution in [2.75, 3.05) is 5.75 Å². The van der Waals surface area contributed by atoms with Crippen LogP contribution in [0.15, 0.2) is 0 Å². The molecule has 0 spiro atoms. The molecule has 0 aliphatic heterocycles. The van der Waals surface area contributed by atoms with Gasteiger partial charge >= 0.3 is 0 Å². The van der Waals surface area contributed by atoms with E-state index in [-0.39, 0.29) is 0 Å². The second kappa shape index (κ2) is 15.5. The molecule has 0 heterocycles. The maximum atomic E-state index is 2.46. The lowest BCUT2D eigenvalue weighted by atomic mass is 10.0. The Hall–Kier alpha value is 0.567. The van der Waals surface area contributed by atoms with E-state index < -0.39 is 7.22 Å². The Balaban J connectivity index is 3.00. The molecule has 0 aromatic rings. The second-order valence-electron chi connectivity index (χ2n) is 7.56. The molecule has 0 saturated carbocycles. The highest BCUT2D eigenvalue weighted by molar-refractivity contribution is 8.28. The molecule has 0 amide bonds. The predicted molar refractivity (Wildman–Crippen MR) is 106 cm³/mol. The molecule has 0 nitrogen and oxygen atoms in total. The molecule has 0 aliphatic rings. The molecule has 0 aromatic heterocycles. The van der Waals surface area contributed by atoms with Crippen LogP contribution in [0, 0.1) is 0 Å². The summed E-state index contributed by atoms with van der Waals surface area (Å²) in [5, 5.41) is 0. The highest BCUT2D eigenvalue weighted by atomic mass is 32.4. The summed E-state index contributed by atoms with van der Waals surface area (Å²) in [7, 11) is -0.846. The molecule has 0 N–H and O–H groups in total. The number of hydrogen-bond donors (Lipinski definition) is 0. The minimum Gasteiger partial charge on any atom is -0.186 e. The lowest BCUT2D eigenvalue weighted by molar-refractivity contribution is 0.538. The van der Waals surface area contributed by atoms with Gasteiger partial charge in [0.1, 0.15) is 7.22 Å². The lowest BCUT2D eigenvalue weighted by Crippen LogP contribution is -2.14. The summed E-state index contributed by atoms with van der Waals surface area (Å²) in [4.78, 5) is 0. The van der Waals surface area contributed by atoms with Crippen molar-refractivity contribution >= 4 is 18.4 Å². The van der Waals surface area contributed by atoms with Crippen LogP contribution in [-0.4, -0.2) is 13.0 Å². The summed E-state index contributed by atoms with van der Waals surface area (Å²) in [6.45, 7) is 9.68. The summed E-state index contributed by atoms with van der Waals surface area (Å²) >= 11 is 2.26. The molecule has 2 heteroatoms. The Morgan fingerprint density at radius 3 is 1.19 bits per heavy atom. The van der Waals surface area contributed by atoms with Crippen LogP contribution in [0.25, 0.3) is 0 Å². The molecular formula is C19H42SSi. The quantitative estimate of drug-likeness (QED) is 0.204. The molecule has 0 aromatic carbocycles. The molecule has 0 atom stereocenters. The third kappa shape index (κ3) is 20.6. The number of unbranched alkanes of at least 4 members (excludes halogenated alkanes) is 13. The van der Waals surface area contributed by atoms with Crippen molar-refractivity contribution in [2.24, 2.45) is 0 Å². The molecule has 128 valence electrons. The van der Waals surface area contributed by atoms with Crippen LogP contribution in [0.3, 0.4) is 0 Å². The van der Waals surface area contributed by atoms with E-state index in [1.165, 1.54) is 95.6 Å². The van der Waals surface area contributed by atoms with Crippen LogP contribution in [0.1, 0.15) is 96.8 Å². The van der Waals surface area contributed by atoms with Gasteiger partial charge < -0.3 is 0 Å². The molecule has 0 saturated heterocycles. The van der Waals surface area contributed by atoms with Gasteiger partial charge in [-0.3, -0.25) is 0 Å². The largest absolute Gasteiger partial charge is 0.186 e. The van der Waals surface area contributed by atoms with Crippen LogP contribution >= 0.6 is 11.2 Å². The van der Waals surface area contributed by atoms with Crippen molar-refractivity contribution in [1.82, 2.24) is 0 Å². The van der Waals surface area contributed by atoms with E-state index in [1.807, 2.05) is 0 Å². The van der Waals surface area contributed by atoms with E-state index in [2.05, 4.69) is 37.8 Å². The third-order valence-electron chi connectivity index (χ3n) is 4.03. The molecule has 0 fully saturated rings. The standard InChI is InChI=1S/C19H42SSi/c1-5-6-7-8-9-10-11-12-13-14-15-16-17-18-19-20-21(2,3)4/h5-19H2,1-4H3. The van der Waals surface area contributed by atoms with Crippen molar-refractivity contribution < 1.29 is 0 Å².